The van der Waals surface area contributed by atoms with Crippen molar-refractivity contribution >= 4 is 54.9 Å². The fourth-order valence-electron chi connectivity index (χ4n) is 2.34. The van der Waals surface area contributed by atoms with Gasteiger partial charge < -0.3 is 0 Å². The van der Waals surface area contributed by atoms with Gasteiger partial charge in [-0.15, -0.1) is 0 Å². The number of carbonyl (C=O) groups excluding carboxylic acids is 1. The lowest BCUT2D eigenvalue weighted by molar-refractivity contribution is -0.119. The van der Waals surface area contributed by atoms with E-state index in [4.69, 9.17) is 11.6 Å². The number of hydrogen-bond acceptors (Lipinski definition) is 4. The number of nitrogens with zero attached hydrogens (tertiary/aromatic N) is 2. The molecule has 27 heavy (non-hydrogen) atoms. The number of nitrogens with one attached hydrogen (secondary N) is 1. The zero-order valence-electron chi connectivity index (χ0n) is 15.0. The molecule has 1 N–H and O–H groups in total. The average molecular weight is 473 g/mol. The maximum Gasteiger partial charge on any atom is 0.260 e. The first-order valence-electron chi connectivity index (χ1n) is 7.91. The fourth-order valence-corrected chi connectivity index (χ4v) is 3.81. The van der Waals surface area contributed by atoms with Crippen LogP contribution in [0.2, 0.25) is 5.02 Å². The van der Waals surface area contributed by atoms with E-state index in [1.54, 1.807) is 32.0 Å². The molecule has 0 aliphatic heterocycles. The van der Waals surface area contributed by atoms with Gasteiger partial charge in [0, 0.05) is 9.50 Å². The van der Waals surface area contributed by atoms with Crippen LogP contribution >= 0.6 is 27.5 Å². The first-order chi connectivity index (χ1) is 12.6. The molecular formula is C18H19BrClN3O3S. The van der Waals surface area contributed by atoms with Crippen LogP contribution in [0.3, 0.4) is 0 Å². The van der Waals surface area contributed by atoms with E-state index in [-0.39, 0.29) is 0 Å². The third-order valence-corrected chi connectivity index (χ3v) is 5.82. The summed E-state index contributed by atoms with van der Waals surface area (Å²) in [5.41, 5.74) is 4.75. The van der Waals surface area contributed by atoms with Gasteiger partial charge in [-0.25, -0.2) is 13.8 Å². The van der Waals surface area contributed by atoms with Gasteiger partial charge in [-0.1, -0.05) is 45.7 Å². The zero-order valence-corrected chi connectivity index (χ0v) is 18.2. The number of sulfonamides is 1. The van der Waals surface area contributed by atoms with Gasteiger partial charge in [-0.2, -0.15) is 5.10 Å². The number of halogens is 2. The van der Waals surface area contributed by atoms with Crippen molar-refractivity contribution in [1.82, 2.24) is 5.43 Å². The van der Waals surface area contributed by atoms with Crippen LogP contribution in [-0.2, 0) is 14.8 Å². The molecule has 144 valence electrons. The van der Waals surface area contributed by atoms with E-state index in [2.05, 4.69) is 26.5 Å². The van der Waals surface area contributed by atoms with Crippen LogP contribution < -0.4 is 9.73 Å². The van der Waals surface area contributed by atoms with Crippen molar-refractivity contribution in [2.45, 2.75) is 13.8 Å². The Morgan fingerprint density at radius 2 is 1.93 bits per heavy atom. The van der Waals surface area contributed by atoms with Crippen LogP contribution in [0.1, 0.15) is 18.1 Å². The predicted octanol–water partition coefficient (Wildman–Crippen LogP) is 3.72. The van der Waals surface area contributed by atoms with Crippen LogP contribution in [0.4, 0.5) is 5.69 Å². The molecule has 1 amide bonds. The Balaban J connectivity index is 2.20. The van der Waals surface area contributed by atoms with Gasteiger partial charge in [0.25, 0.3) is 5.91 Å². The fraction of sp³-hybridized carbons (Fsp3) is 0.222. The van der Waals surface area contributed by atoms with Crippen molar-refractivity contribution < 1.29 is 13.2 Å². The normalized spacial score (nSPS) is 12.0. The van der Waals surface area contributed by atoms with Crippen molar-refractivity contribution in [1.29, 1.82) is 0 Å². The second-order valence-corrected chi connectivity index (χ2v) is 9.13. The Bertz CT molecular complexity index is 993. The molecule has 0 saturated heterocycles. The SMILES string of the molecule is C/C(=N/NC(=O)CN(c1cccc(Cl)c1C)S(C)(=O)=O)c1cccc(Br)c1. The Hall–Kier alpha value is -1.90. The molecular weight excluding hydrogens is 454 g/mol. The van der Waals surface area contributed by atoms with Crippen LogP contribution in [0.5, 0.6) is 0 Å². The topological polar surface area (TPSA) is 78.8 Å². The molecule has 6 nitrogen and oxygen atoms in total. The lowest BCUT2D eigenvalue weighted by Crippen LogP contribution is -2.39. The summed E-state index contributed by atoms with van der Waals surface area (Å²) in [6.07, 6.45) is 1.04. The number of carbonyl (C=O) groups is 1. The van der Waals surface area contributed by atoms with Crippen LogP contribution in [0, 0.1) is 6.92 Å². The summed E-state index contributed by atoms with van der Waals surface area (Å²) in [4.78, 5) is 12.3. The first-order valence-corrected chi connectivity index (χ1v) is 10.9. The van der Waals surface area contributed by atoms with E-state index in [0.717, 1.165) is 20.6 Å². The van der Waals surface area contributed by atoms with Gasteiger partial charge >= 0.3 is 0 Å². The van der Waals surface area contributed by atoms with Gasteiger partial charge in [0.2, 0.25) is 10.0 Å². The number of rotatable bonds is 6. The van der Waals surface area contributed by atoms with E-state index in [1.807, 2.05) is 24.3 Å². The van der Waals surface area contributed by atoms with E-state index < -0.39 is 22.5 Å². The summed E-state index contributed by atoms with van der Waals surface area (Å²) in [6, 6.07) is 12.4. The van der Waals surface area contributed by atoms with Crippen LogP contribution in [-0.4, -0.2) is 32.8 Å². The van der Waals surface area contributed by atoms with Gasteiger partial charge in [0.15, 0.2) is 0 Å². The second kappa shape index (κ2) is 8.86. The summed E-state index contributed by atoms with van der Waals surface area (Å²) in [7, 11) is -3.69. The number of anilines is 1. The maximum absolute atomic E-state index is 12.3. The number of hydrogen-bond donors (Lipinski definition) is 1. The van der Waals surface area contributed by atoms with Crippen molar-refractivity contribution in [3.05, 3.63) is 63.1 Å². The molecule has 2 rings (SSSR count). The Morgan fingerprint density at radius 3 is 2.56 bits per heavy atom. The molecule has 0 aliphatic carbocycles. The highest BCUT2D eigenvalue weighted by molar-refractivity contribution is 9.10. The van der Waals surface area contributed by atoms with Crippen molar-refractivity contribution in [3.63, 3.8) is 0 Å². The molecule has 2 aromatic rings. The highest BCUT2D eigenvalue weighted by atomic mass is 79.9. The third-order valence-electron chi connectivity index (χ3n) is 3.79. The minimum Gasteiger partial charge on any atom is -0.271 e. The second-order valence-electron chi connectivity index (χ2n) is 5.90. The van der Waals surface area contributed by atoms with Gasteiger partial charge in [0.05, 0.1) is 17.7 Å². The first kappa shape index (κ1) is 21.4. The number of amides is 1. The Morgan fingerprint density at radius 1 is 1.26 bits per heavy atom. The summed E-state index contributed by atoms with van der Waals surface area (Å²) in [5.74, 6) is -0.561. The lowest BCUT2D eigenvalue weighted by atomic mass is 10.1. The quantitative estimate of drug-likeness (QED) is 0.514. The van der Waals surface area contributed by atoms with Gasteiger partial charge in [-0.3, -0.25) is 9.10 Å². The highest BCUT2D eigenvalue weighted by Crippen LogP contribution is 2.27. The molecule has 0 spiro atoms. The van der Waals surface area contributed by atoms with Crippen LogP contribution in [0.25, 0.3) is 0 Å². The minimum absolute atomic E-state index is 0.354. The third kappa shape index (κ3) is 5.79. The molecule has 0 saturated carbocycles. The summed E-state index contributed by atoms with van der Waals surface area (Å²) < 4.78 is 26.3. The van der Waals surface area contributed by atoms with E-state index in [1.165, 1.54) is 0 Å². The highest BCUT2D eigenvalue weighted by Gasteiger charge is 2.23. The largest absolute Gasteiger partial charge is 0.271 e. The van der Waals surface area contributed by atoms with E-state index in [9.17, 15) is 13.2 Å². The molecule has 0 unspecified atom stereocenters. The number of hydrazone groups is 1. The minimum atomic E-state index is -3.69. The average Bonchev–Trinajstić information content (AvgIpc) is 2.59. The molecule has 0 aromatic heterocycles. The lowest BCUT2D eigenvalue weighted by Gasteiger charge is -2.23. The standard InChI is InChI=1S/C18H19BrClN3O3S/c1-12-16(20)8-5-9-17(12)23(27(3,25)26)11-18(24)22-21-13(2)14-6-4-7-15(19)10-14/h4-10H,11H2,1-3H3,(H,22,24)/b21-13-. The van der Waals surface area contributed by atoms with Gasteiger partial charge in [0.1, 0.15) is 6.54 Å². The zero-order chi connectivity index (χ0) is 20.2. The molecule has 0 radical (unpaired) electrons. The summed E-state index contributed by atoms with van der Waals surface area (Å²) in [6.45, 7) is 3.04. The Kier molecular flexibility index (Phi) is 7.02. The molecule has 9 heteroatoms. The summed E-state index contributed by atoms with van der Waals surface area (Å²) in [5, 5.41) is 4.47. The molecule has 2 aromatic carbocycles. The van der Waals surface area contributed by atoms with Crippen molar-refractivity contribution in [2.24, 2.45) is 5.10 Å². The monoisotopic (exact) mass is 471 g/mol. The van der Waals surface area contributed by atoms with Crippen molar-refractivity contribution in [3.8, 4) is 0 Å². The number of benzene rings is 2. The molecule has 0 aliphatic rings. The molecule has 0 bridgehead atoms. The van der Waals surface area contributed by atoms with Gasteiger partial charge in [-0.05, 0) is 49.2 Å². The smallest absolute Gasteiger partial charge is 0.260 e. The van der Waals surface area contributed by atoms with E-state index >= 15 is 0 Å². The van der Waals surface area contributed by atoms with Crippen molar-refractivity contribution in [2.75, 3.05) is 17.1 Å². The van der Waals surface area contributed by atoms with E-state index in [0.29, 0.717) is 22.0 Å². The maximum atomic E-state index is 12.3. The predicted molar refractivity (Wildman–Crippen MR) is 113 cm³/mol. The Labute approximate surface area is 172 Å². The summed E-state index contributed by atoms with van der Waals surface area (Å²) >= 11 is 9.46. The molecule has 0 fully saturated rings. The molecule has 0 atom stereocenters. The van der Waals surface area contributed by atoms with Crippen LogP contribution in [0.15, 0.2) is 52.0 Å². The molecule has 0 heterocycles.